The maximum atomic E-state index is 13.0. The second-order valence-corrected chi connectivity index (χ2v) is 8.89. The number of hydrogen-bond acceptors (Lipinski definition) is 3. The number of nitrogens with zero attached hydrogens (tertiary/aromatic N) is 1. The van der Waals surface area contributed by atoms with Crippen LogP contribution in [0, 0.1) is 6.92 Å². The van der Waals surface area contributed by atoms with Crippen molar-refractivity contribution in [2.24, 2.45) is 0 Å². The molecule has 29 heavy (non-hydrogen) atoms. The molecule has 0 heterocycles. The zero-order valence-corrected chi connectivity index (χ0v) is 19.0. The summed E-state index contributed by atoms with van der Waals surface area (Å²) >= 11 is 7.46. The van der Waals surface area contributed by atoms with Gasteiger partial charge in [0.1, 0.15) is 6.04 Å². The van der Waals surface area contributed by atoms with Gasteiger partial charge in [-0.3, -0.25) is 9.59 Å². The van der Waals surface area contributed by atoms with E-state index in [-0.39, 0.29) is 17.9 Å². The van der Waals surface area contributed by atoms with Gasteiger partial charge in [0.15, 0.2) is 0 Å². The SMILES string of the molecule is Cc1ccc(CN(C(=O)CSCc2ccc(Cl)cc2)[C@H](C)C(=O)NC(C)C)cc1. The van der Waals surface area contributed by atoms with E-state index >= 15 is 0 Å². The molecule has 0 unspecified atom stereocenters. The Bertz CT molecular complexity index is 807. The van der Waals surface area contributed by atoms with E-state index in [1.165, 1.54) is 11.8 Å². The Hall–Kier alpha value is -1.98. The molecule has 6 heteroatoms. The van der Waals surface area contributed by atoms with Gasteiger partial charge in [0, 0.05) is 23.4 Å². The van der Waals surface area contributed by atoms with E-state index in [0.717, 1.165) is 16.7 Å². The van der Waals surface area contributed by atoms with Crippen molar-refractivity contribution >= 4 is 35.2 Å². The summed E-state index contributed by atoms with van der Waals surface area (Å²) in [6, 6.07) is 15.2. The lowest BCUT2D eigenvalue weighted by molar-refractivity contribution is -0.138. The minimum Gasteiger partial charge on any atom is -0.352 e. The summed E-state index contributed by atoms with van der Waals surface area (Å²) in [6.07, 6.45) is 0. The smallest absolute Gasteiger partial charge is 0.242 e. The van der Waals surface area contributed by atoms with Crippen molar-refractivity contribution in [3.8, 4) is 0 Å². The normalized spacial score (nSPS) is 11.9. The predicted octanol–water partition coefficient (Wildman–Crippen LogP) is 4.82. The standard InChI is InChI=1S/C23H29ClN2O2S/c1-16(2)25-23(28)18(4)26(13-19-7-5-17(3)6-8-19)22(27)15-29-14-20-9-11-21(24)12-10-20/h5-12,16,18H,13-15H2,1-4H3,(H,25,28)/t18-/m1/s1. The van der Waals surface area contributed by atoms with Gasteiger partial charge in [0.2, 0.25) is 11.8 Å². The van der Waals surface area contributed by atoms with Gasteiger partial charge in [-0.05, 0) is 51.0 Å². The maximum Gasteiger partial charge on any atom is 0.242 e. The van der Waals surface area contributed by atoms with E-state index in [1.54, 1.807) is 11.8 Å². The van der Waals surface area contributed by atoms with Crippen molar-refractivity contribution < 1.29 is 9.59 Å². The van der Waals surface area contributed by atoms with Crippen molar-refractivity contribution in [3.05, 3.63) is 70.2 Å². The minimum absolute atomic E-state index is 0.0283. The molecule has 2 aromatic carbocycles. The molecule has 0 saturated carbocycles. The summed E-state index contributed by atoms with van der Waals surface area (Å²) in [7, 11) is 0. The number of rotatable bonds is 9. The highest BCUT2D eigenvalue weighted by Gasteiger charge is 2.26. The number of carbonyl (C=O) groups is 2. The zero-order valence-electron chi connectivity index (χ0n) is 17.4. The molecule has 0 saturated heterocycles. The van der Waals surface area contributed by atoms with Gasteiger partial charge in [-0.25, -0.2) is 0 Å². The molecule has 0 aliphatic heterocycles. The van der Waals surface area contributed by atoms with Crippen LogP contribution in [0.2, 0.25) is 5.02 Å². The number of hydrogen-bond donors (Lipinski definition) is 1. The fraction of sp³-hybridized carbons (Fsp3) is 0.391. The number of nitrogens with one attached hydrogen (secondary N) is 1. The number of thioether (sulfide) groups is 1. The third-order valence-electron chi connectivity index (χ3n) is 4.48. The first-order valence-corrected chi connectivity index (χ1v) is 11.3. The molecule has 2 rings (SSSR count). The number of carbonyl (C=O) groups excluding carboxylic acids is 2. The first kappa shape index (κ1) is 23.3. The molecular formula is C23H29ClN2O2S. The van der Waals surface area contributed by atoms with Crippen LogP contribution in [0.1, 0.15) is 37.5 Å². The lowest BCUT2D eigenvalue weighted by atomic mass is 10.1. The molecule has 0 aliphatic carbocycles. The van der Waals surface area contributed by atoms with E-state index in [1.807, 2.05) is 69.3 Å². The van der Waals surface area contributed by atoms with Crippen LogP contribution in [0.15, 0.2) is 48.5 Å². The molecule has 156 valence electrons. The van der Waals surface area contributed by atoms with Crippen LogP contribution in [0.4, 0.5) is 0 Å². The van der Waals surface area contributed by atoms with E-state index in [0.29, 0.717) is 23.1 Å². The molecule has 2 amide bonds. The topological polar surface area (TPSA) is 49.4 Å². The molecule has 0 fully saturated rings. The summed E-state index contributed by atoms with van der Waals surface area (Å²) in [5, 5.41) is 3.61. The molecule has 0 aliphatic rings. The van der Waals surface area contributed by atoms with Crippen LogP contribution >= 0.6 is 23.4 Å². The lowest BCUT2D eigenvalue weighted by Crippen LogP contribution is -2.49. The molecule has 1 atom stereocenters. The van der Waals surface area contributed by atoms with Crippen LogP contribution in [0.25, 0.3) is 0 Å². The van der Waals surface area contributed by atoms with Gasteiger partial charge in [-0.1, -0.05) is 53.6 Å². The molecule has 0 aromatic heterocycles. The van der Waals surface area contributed by atoms with E-state index in [2.05, 4.69) is 5.32 Å². The Balaban J connectivity index is 2.05. The number of benzene rings is 2. The number of aryl methyl sites for hydroxylation is 1. The Morgan fingerprint density at radius 3 is 2.17 bits per heavy atom. The van der Waals surface area contributed by atoms with E-state index < -0.39 is 6.04 Å². The predicted molar refractivity (Wildman–Crippen MR) is 122 cm³/mol. The molecule has 0 bridgehead atoms. The minimum atomic E-state index is -0.540. The van der Waals surface area contributed by atoms with Gasteiger partial charge in [-0.15, -0.1) is 11.8 Å². The lowest BCUT2D eigenvalue weighted by Gasteiger charge is -2.29. The summed E-state index contributed by atoms with van der Waals surface area (Å²) in [6.45, 7) is 8.05. The maximum absolute atomic E-state index is 13.0. The summed E-state index contributed by atoms with van der Waals surface area (Å²) in [4.78, 5) is 27.2. The van der Waals surface area contributed by atoms with Crippen LogP contribution in [-0.2, 0) is 21.9 Å². The van der Waals surface area contributed by atoms with Crippen LogP contribution in [0.3, 0.4) is 0 Å². The van der Waals surface area contributed by atoms with E-state index in [4.69, 9.17) is 11.6 Å². The number of halogens is 1. The Morgan fingerprint density at radius 1 is 1.00 bits per heavy atom. The molecule has 4 nitrogen and oxygen atoms in total. The quantitative estimate of drug-likeness (QED) is 0.617. The second-order valence-electron chi connectivity index (χ2n) is 7.47. The molecule has 2 aromatic rings. The number of amides is 2. The molecule has 0 spiro atoms. The Labute approximate surface area is 183 Å². The molecule has 1 N–H and O–H groups in total. The largest absolute Gasteiger partial charge is 0.352 e. The summed E-state index contributed by atoms with van der Waals surface area (Å²) < 4.78 is 0. The third-order valence-corrected chi connectivity index (χ3v) is 5.72. The average molecular weight is 433 g/mol. The highest BCUT2D eigenvalue weighted by Crippen LogP contribution is 2.18. The van der Waals surface area contributed by atoms with Gasteiger partial charge >= 0.3 is 0 Å². The van der Waals surface area contributed by atoms with E-state index in [9.17, 15) is 9.59 Å². The molecular weight excluding hydrogens is 404 g/mol. The van der Waals surface area contributed by atoms with Gasteiger partial charge in [0.05, 0.1) is 5.75 Å². The van der Waals surface area contributed by atoms with Crippen molar-refractivity contribution in [2.45, 2.75) is 52.1 Å². The van der Waals surface area contributed by atoms with Crippen molar-refractivity contribution in [2.75, 3.05) is 5.75 Å². The first-order valence-electron chi connectivity index (χ1n) is 9.74. The Morgan fingerprint density at radius 2 is 1.59 bits per heavy atom. The zero-order chi connectivity index (χ0) is 21.4. The van der Waals surface area contributed by atoms with Crippen molar-refractivity contribution in [1.82, 2.24) is 10.2 Å². The fourth-order valence-corrected chi connectivity index (χ4v) is 3.79. The summed E-state index contributed by atoms with van der Waals surface area (Å²) in [5.74, 6) is 0.848. The van der Waals surface area contributed by atoms with Crippen molar-refractivity contribution in [1.29, 1.82) is 0 Å². The second kappa shape index (κ2) is 11.3. The van der Waals surface area contributed by atoms with Crippen LogP contribution in [-0.4, -0.2) is 34.6 Å². The van der Waals surface area contributed by atoms with Crippen molar-refractivity contribution in [3.63, 3.8) is 0 Å². The monoisotopic (exact) mass is 432 g/mol. The molecule has 0 radical (unpaired) electrons. The van der Waals surface area contributed by atoms with Gasteiger partial charge < -0.3 is 10.2 Å². The highest BCUT2D eigenvalue weighted by molar-refractivity contribution is 7.99. The third kappa shape index (κ3) is 7.75. The highest BCUT2D eigenvalue weighted by atomic mass is 35.5. The first-order chi connectivity index (χ1) is 13.8. The fourth-order valence-electron chi connectivity index (χ4n) is 2.80. The average Bonchev–Trinajstić information content (AvgIpc) is 2.68. The van der Waals surface area contributed by atoms with Crippen LogP contribution < -0.4 is 5.32 Å². The summed E-state index contributed by atoms with van der Waals surface area (Å²) in [5.41, 5.74) is 3.29. The van der Waals surface area contributed by atoms with Gasteiger partial charge in [-0.2, -0.15) is 0 Å². The van der Waals surface area contributed by atoms with Gasteiger partial charge in [0.25, 0.3) is 0 Å². The Kier molecular flexibility index (Phi) is 9.05. The van der Waals surface area contributed by atoms with Crippen LogP contribution in [0.5, 0.6) is 0 Å².